The Labute approximate surface area is 115 Å². The van der Waals surface area contributed by atoms with E-state index in [1.165, 1.54) is 6.07 Å². The molecular formula is C15H25FN2O. The van der Waals surface area contributed by atoms with Crippen LogP contribution < -0.4 is 5.73 Å². The number of nitrogens with two attached hydrogens (primary N) is 1. The third kappa shape index (κ3) is 4.80. The Morgan fingerprint density at radius 3 is 2.53 bits per heavy atom. The van der Waals surface area contributed by atoms with Crippen LogP contribution in [-0.2, 0) is 11.3 Å². The molecule has 0 aliphatic rings. The van der Waals surface area contributed by atoms with Gasteiger partial charge in [-0.15, -0.1) is 0 Å². The van der Waals surface area contributed by atoms with Gasteiger partial charge in [-0.25, -0.2) is 4.39 Å². The van der Waals surface area contributed by atoms with Gasteiger partial charge < -0.3 is 10.5 Å². The van der Waals surface area contributed by atoms with Crippen LogP contribution in [0.5, 0.6) is 0 Å². The van der Waals surface area contributed by atoms with E-state index in [0.29, 0.717) is 12.6 Å². The molecule has 0 unspecified atom stereocenters. The number of benzene rings is 1. The Morgan fingerprint density at radius 1 is 1.32 bits per heavy atom. The second kappa shape index (κ2) is 8.12. The third-order valence-electron chi connectivity index (χ3n) is 3.49. The molecule has 0 saturated heterocycles. The first-order valence-corrected chi connectivity index (χ1v) is 6.89. The molecule has 0 fully saturated rings. The van der Waals surface area contributed by atoms with E-state index >= 15 is 0 Å². The average molecular weight is 268 g/mol. The lowest BCUT2D eigenvalue weighted by atomic mass is 10.1. The van der Waals surface area contributed by atoms with E-state index < -0.39 is 0 Å². The molecule has 4 heteroatoms. The number of anilines is 1. The lowest BCUT2D eigenvalue weighted by Crippen LogP contribution is -2.36. The molecule has 3 nitrogen and oxygen atoms in total. The van der Waals surface area contributed by atoms with Gasteiger partial charge >= 0.3 is 0 Å². The SMILES string of the molecule is CCC(CC)N(CCOC)Cc1ccc(N)c(F)c1. The molecule has 0 aromatic heterocycles. The van der Waals surface area contributed by atoms with E-state index in [4.69, 9.17) is 10.5 Å². The zero-order valence-corrected chi connectivity index (χ0v) is 12.2. The predicted octanol–water partition coefficient (Wildman–Crippen LogP) is 3.04. The summed E-state index contributed by atoms with van der Waals surface area (Å²) in [5, 5.41) is 0. The molecule has 0 bridgehead atoms. The summed E-state index contributed by atoms with van der Waals surface area (Å²) in [4.78, 5) is 2.34. The number of nitrogen functional groups attached to an aromatic ring is 1. The van der Waals surface area contributed by atoms with Gasteiger partial charge in [0.2, 0.25) is 0 Å². The lowest BCUT2D eigenvalue weighted by Gasteiger charge is -2.30. The van der Waals surface area contributed by atoms with Crippen LogP contribution in [0.15, 0.2) is 18.2 Å². The van der Waals surface area contributed by atoms with Crippen LogP contribution in [0, 0.1) is 5.82 Å². The Balaban J connectivity index is 2.77. The van der Waals surface area contributed by atoms with Gasteiger partial charge in [0, 0.05) is 26.2 Å². The minimum atomic E-state index is -0.339. The summed E-state index contributed by atoms with van der Waals surface area (Å²) in [6, 6.07) is 5.54. The summed E-state index contributed by atoms with van der Waals surface area (Å²) in [6.45, 7) is 6.63. The number of rotatable bonds is 8. The van der Waals surface area contributed by atoms with Crippen molar-refractivity contribution in [1.29, 1.82) is 0 Å². The highest BCUT2D eigenvalue weighted by atomic mass is 19.1. The van der Waals surface area contributed by atoms with Crippen LogP contribution in [-0.4, -0.2) is 31.2 Å². The van der Waals surface area contributed by atoms with Crippen molar-refractivity contribution in [2.24, 2.45) is 0 Å². The number of hydrogen-bond acceptors (Lipinski definition) is 3. The summed E-state index contributed by atoms with van der Waals surface area (Å²) in [5.41, 5.74) is 6.66. The van der Waals surface area contributed by atoms with Gasteiger partial charge in [0.15, 0.2) is 0 Å². The molecule has 0 heterocycles. The maximum atomic E-state index is 13.5. The van der Waals surface area contributed by atoms with Gasteiger partial charge in [-0.1, -0.05) is 19.9 Å². The zero-order valence-electron chi connectivity index (χ0n) is 12.2. The fourth-order valence-electron chi connectivity index (χ4n) is 2.31. The van der Waals surface area contributed by atoms with E-state index in [1.807, 2.05) is 6.07 Å². The molecular weight excluding hydrogens is 243 g/mol. The zero-order chi connectivity index (χ0) is 14.3. The molecule has 0 aliphatic carbocycles. The number of methoxy groups -OCH3 is 1. The second-order valence-corrected chi connectivity index (χ2v) is 4.79. The highest BCUT2D eigenvalue weighted by Gasteiger charge is 2.15. The fraction of sp³-hybridized carbons (Fsp3) is 0.600. The molecule has 0 aliphatic heterocycles. The summed E-state index contributed by atoms with van der Waals surface area (Å²) in [7, 11) is 1.70. The van der Waals surface area contributed by atoms with Crippen molar-refractivity contribution in [2.75, 3.05) is 26.0 Å². The first-order chi connectivity index (χ1) is 9.12. The summed E-state index contributed by atoms with van der Waals surface area (Å²) < 4.78 is 18.6. The Kier molecular flexibility index (Phi) is 6.81. The van der Waals surface area contributed by atoms with E-state index in [1.54, 1.807) is 13.2 Å². The highest BCUT2D eigenvalue weighted by Crippen LogP contribution is 2.17. The summed E-state index contributed by atoms with van der Waals surface area (Å²) in [6.07, 6.45) is 2.16. The smallest absolute Gasteiger partial charge is 0.146 e. The normalized spacial score (nSPS) is 11.5. The molecule has 1 rings (SSSR count). The summed E-state index contributed by atoms with van der Waals surface area (Å²) >= 11 is 0. The van der Waals surface area contributed by atoms with Crippen LogP contribution in [0.2, 0.25) is 0 Å². The Bertz CT molecular complexity index is 380. The molecule has 1 aromatic rings. The van der Waals surface area contributed by atoms with Crippen molar-refractivity contribution in [1.82, 2.24) is 4.90 Å². The maximum absolute atomic E-state index is 13.5. The molecule has 2 N–H and O–H groups in total. The van der Waals surface area contributed by atoms with Crippen molar-refractivity contribution in [2.45, 2.75) is 39.3 Å². The monoisotopic (exact) mass is 268 g/mol. The van der Waals surface area contributed by atoms with Crippen molar-refractivity contribution < 1.29 is 9.13 Å². The first-order valence-electron chi connectivity index (χ1n) is 6.89. The maximum Gasteiger partial charge on any atom is 0.146 e. The average Bonchev–Trinajstić information content (AvgIpc) is 2.41. The molecule has 0 amide bonds. The fourth-order valence-corrected chi connectivity index (χ4v) is 2.31. The third-order valence-corrected chi connectivity index (χ3v) is 3.49. The molecule has 1 aromatic carbocycles. The van der Waals surface area contributed by atoms with Crippen LogP contribution in [0.4, 0.5) is 10.1 Å². The number of ether oxygens (including phenoxy) is 1. The van der Waals surface area contributed by atoms with Gasteiger partial charge in [-0.05, 0) is 30.5 Å². The topological polar surface area (TPSA) is 38.5 Å². The largest absolute Gasteiger partial charge is 0.396 e. The van der Waals surface area contributed by atoms with Gasteiger partial charge in [-0.2, -0.15) is 0 Å². The van der Waals surface area contributed by atoms with E-state index in [0.717, 1.165) is 31.5 Å². The molecule has 0 saturated carbocycles. The Hall–Kier alpha value is -1.13. The van der Waals surface area contributed by atoms with Gasteiger partial charge in [0.05, 0.1) is 12.3 Å². The number of nitrogens with zero attached hydrogens (tertiary/aromatic N) is 1. The summed E-state index contributed by atoms with van der Waals surface area (Å²) in [5.74, 6) is -0.339. The van der Waals surface area contributed by atoms with Crippen molar-refractivity contribution in [3.05, 3.63) is 29.6 Å². The minimum Gasteiger partial charge on any atom is -0.396 e. The molecule has 0 atom stereocenters. The molecule has 108 valence electrons. The minimum absolute atomic E-state index is 0.203. The van der Waals surface area contributed by atoms with Crippen LogP contribution in [0.25, 0.3) is 0 Å². The van der Waals surface area contributed by atoms with Gasteiger partial charge in [0.25, 0.3) is 0 Å². The van der Waals surface area contributed by atoms with Crippen molar-refractivity contribution >= 4 is 5.69 Å². The number of halogens is 1. The Morgan fingerprint density at radius 2 is 2.00 bits per heavy atom. The van der Waals surface area contributed by atoms with Crippen molar-refractivity contribution in [3.8, 4) is 0 Å². The van der Waals surface area contributed by atoms with Crippen molar-refractivity contribution in [3.63, 3.8) is 0 Å². The van der Waals surface area contributed by atoms with E-state index in [-0.39, 0.29) is 11.5 Å². The van der Waals surface area contributed by atoms with Crippen LogP contribution in [0.1, 0.15) is 32.3 Å². The lowest BCUT2D eigenvalue weighted by molar-refractivity contribution is 0.110. The van der Waals surface area contributed by atoms with Gasteiger partial charge in [0.1, 0.15) is 5.82 Å². The molecule has 19 heavy (non-hydrogen) atoms. The standard InChI is InChI=1S/C15H25FN2O/c1-4-13(5-2)18(8-9-19-3)11-12-6-7-15(17)14(16)10-12/h6-7,10,13H,4-5,8-9,11,17H2,1-3H3. The molecule has 0 spiro atoms. The number of hydrogen-bond donors (Lipinski definition) is 1. The molecule has 0 radical (unpaired) electrons. The van der Waals surface area contributed by atoms with E-state index in [9.17, 15) is 4.39 Å². The first kappa shape index (κ1) is 15.9. The second-order valence-electron chi connectivity index (χ2n) is 4.79. The van der Waals surface area contributed by atoms with Gasteiger partial charge in [-0.3, -0.25) is 4.90 Å². The van der Waals surface area contributed by atoms with Crippen LogP contribution in [0.3, 0.4) is 0 Å². The predicted molar refractivity (Wildman–Crippen MR) is 77.5 cm³/mol. The van der Waals surface area contributed by atoms with E-state index in [2.05, 4.69) is 18.7 Å². The van der Waals surface area contributed by atoms with Crippen LogP contribution >= 0.6 is 0 Å². The quantitative estimate of drug-likeness (QED) is 0.736. The highest BCUT2D eigenvalue weighted by molar-refractivity contribution is 5.41.